The monoisotopic (exact) mass is 1750 g/mol. The largest absolute Gasteiger partial charge is 0.393 e. The molecule has 40 heteroatoms. The first-order chi connectivity index (χ1) is 57.1. The summed E-state index contributed by atoms with van der Waals surface area (Å²) in [5.74, 6) is 2.97. The summed E-state index contributed by atoms with van der Waals surface area (Å²) in [5.41, 5.74) is 4.64. The van der Waals surface area contributed by atoms with Crippen molar-refractivity contribution in [2.45, 2.75) is 203 Å². The molecular weight excluding hydrogens is 1650 g/mol. The summed E-state index contributed by atoms with van der Waals surface area (Å²) in [6.07, 6.45) is 12.7. The van der Waals surface area contributed by atoms with Crippen LogP contribution in [0.4, 0.5) is 76.0 Å². The van der Waals surface area contributed by atoms with Crippen LogP contribution in [0.1, 0.15) is 171 Å². The second kappa shape index (κ2) is 39.2. The summed E-state index contributed by atoms with van der Waals surface area (Å²) in [6, 6.07) is 8.73. The lowest BCUT2D eigenvalue weighted by Crippen LogP contribution is -2.33. The normalized spacial score (nSPS) is 19.2. The molecule has 12 aromatic rings. The third-order valence-corrected chi connectivity index (χ3v) is 26.1. The Bertz CT molecular complexity index is 4630. The van der Waals surface area contributed by atoms with E-state index in [1.165, 1.54) is 25.3 Å². The lowest BCUT2D eigenvalue weighted by molar-refractivity contribution is -0.127. The van der Waals surface area contributed by atoms with Crippen molar-refractivity contribution >= 4 is 109 Å². The Hall–Kier alpha value is -8.80. The summed E-state index contributed by atoms with van der Waals surface area (Å²) in [7, 11) is 7.64. The zero-order chi connectivity index (χ0) is 85.2. The first-order valence-electron chi connectivity index (χ1n) is 40.3. The van der Waals surface area contributed by atoms with Gasteiger partial charge in [-0.25, -0.2) is 39.9 Å². The quantitative estimate of drug-likeness (QED) is 0.0519. The molecular formula is C80H100F12N24S4. The highest BCUT2D eigenvalue weighted by molar-refractivity contribution is 7.19. The predicted octanol–water partition coefficient (Wildman–Crippen LogP) is 17.0. The minimum absolute atomic E-state index is 0.211. The van der Waals surface area contributed by atoms with E-state index in [1.54, 1.807) is 43.0 Å². The van der Waals surface area contributed by atoms with Gasteiger partial charge in [0.05, 0.1) is 72.0 Å². The topological polar surface area (TPSA) is 235 Å². The Balaban J connectivity index is 0.000000138. The van der Waals surface area contributed by atoms with Gasteiger partial charge in [-0.15, -0.1) is 45.3 Å². The number of nitrogens with one attached hydrogen (secondary N) is 4. The van der Waals surface area contributed by atoms with Crippen molar-refractivity contribution in [1.29, 1.82) is 0 Å². The van der Waals surface area contributed by atoms with E-state index in [0.717, 1.165) is 242 Å². The molecule has 4 N–H and O–H groups in total. The van der Waals surface area contributed by atoms with E-state index >= 15 is 0 Å². The average molecular weight is 1750 g/mol. The van der Waals surface area contributed by atoms with Gasteiger partial charge >= 0.3 is 24.7 Å². The zero-order valence-electron chi connectivity index (χ0n) is 67.9. The molecule has 0 aromatic carbocycles. The van der Waals surface area contributed by atoms with Gasteiger partial charge in [-0.3, -0.25) is 18.7 Å². The highest BCUT2D eigenvalue weighted by Crippen LogP contribution is 2.40. The molecule has 0 spiro atoms. The van der Waals surface area contributed by atoms with Crippen molar-refractivity contribution in [2.75, 3.05) is 72.0 Å². The fourth-order valence-corrected chi connectivity index (χ4v) is 20.2. The van der Waals surface area contributed by atoms with Crippen molar-refractivity contribution < 1.29 is 52.7 Å². The number of anilines is 4. The van der Waals surface area contributed by atoms with Crippen LogP contribution in [-0.2, 0) is 53.9 Å². The number of hydrogen-bond acceptors (Lipinski definition) is 24. The van der Waals surface area contributed by atoms with Gasteiger partial charge in [-0.1, -0.05) is 0 Å². The van der Waals surface area contributed by atoms with Crippen molar-refractivity contribution in [3.05, 3.63) is 141 Å². The van der Waals surface area contributed by atoms with Crippen LogP contribution in [0.15, 0.2) is 99.1 Å². The predicted molar refractivity (Wildman–Crippen MR) is 447 cm³/mol. The van der Waals surface area contributed by atoms with Crippen LogP contribution in [0, 0.1) is 0 Å². The van der Waals surface area contributed by atoms with Gasteiger partial charge in [-0.2, -0.15) is 73.1 Å². The number of aromatic nitrogens is 16. The fraction of sp³-hybridized carbons (Fsp3) is 0.550. The van der Waals surface area contributed by atoms with Crippen LogP contribution in [-0.4, -0.2) is 180 Å². The molecule has 24 nitrogen and oxygen atoms in total. The maximum absolute atomic E-state index is 12.8. The number of halogens is 12. The average Bonchev–Trinajstić information content (AvgIpc) is 1.66. The number of nitrogens with zero attached hydrogens (tertiary/aromatic N) is 20. The van der Waals surface area contributed by atoms with Crippen LogP contribution >= 0.6 is 45.3 Å². The smallest absolute Gasteiger partial charge is 0.356 e. The van der Waals surface area contributed by atoms with Crippen LogP contribution in [0.5, 0.6) is 0 Å². The summed E-state index contributed by atoms with van der Waals surface area (Å²) >= 11 is 4.39. The number of alkyl halides is 12. The highest BCUT2D eigenvalue weighted by Gasteiger charge is 2.35. The molecule has 12 aromatic heterocycles. The van der Waals surface area contributed by atoms with E-state index in [9.17, 15) is 52.7 Å². The third-order valence-electron chi connectivity index (χ3n) is 21.9. The highest BCUT2D eigenvalue weighted by atomic mass is 32.1. The van der Waals surface area contributed by atoms with E-state index < -0.39 is 50.4 Å². The van der Waals surface area contributed by atoms with Gasteiger partial charge in [0, 0.05) is 195 Å². The molecule has 0 bridgehead atoms. The summed E-state index contributed by atoms with van der Waals surface area (Å²) in [6.45, 7) is 15.1. The minimum Gasteiger partial charge on any atom is -0.356 e. The lowest BCUT2D eigenvalue weighted by atomic mass is 10.1. The van der Waals surface area contributed by atoms with E-state index in [0.29, 0.717) is 43.5 Å². The van der Waals surface area contributed by atoms with Gasteiger partial charge in [0.2, 0.25) is 0 Å². The molecule has 0 saturated carbocycles. The standard InChI is InChI=1S/4C20H25F3N6S/c4*1-13(14-10-26-28(2)11-14)27-15-4-3-6-29(7-5-15)18-17-8-16(9-20(21,22)23)30-19(17)25-12-24-18/h4*8,10-13,15,27H,3-7,9H2,1-2H3/t2*13-,15+;2*13-,15-/m1010/s1. The van der Waals surface area contributed by atoms with Crippen molar-refractivity contribution in [3.63, 3.8) is 0 Å². The molecule has 4 saturated heterocycles. The zero-order valence-corrected chi connectivity index (χ0v) is 71.2. The summed E-state index contributed by atoms with van der Waals surface area (Å²) in [5, 5.41) is 34.6. The molecule has 4 fully saturated rings. The number of aryl methyl sites for hydroxylation is 4. The first kappa shape index (κ1) is 89.0. The number of hydrogen-bond donors (Lipinski definition) is 4. The van der Waals surface area contributed by atoms with Crippen molar-refractivity contribution in [3.8, 4) is 0 Å². The van der Waals surface area contributed by atoms with E-state index in [-0.39, 0.29) is 43.7 Å². The minimum atomic E-state index is -4.22. The maximum Gasteiger partial charge on any atom is 0.393 e. The molecule has 16 rings (SSSR count). The Morgan fingerprint density at radius 3 is 0.708 bits per heavy atom. The Kier molecular flexibility index (Phi) is 29.0. The number of fused-ring (bicyclic) bond motifs is 4. The van der Waals surface area contributed by atoms with Gasteiger partial charge in [0.15, 0.2) is 0 Å². The molecule has 120 heavy (non-hydrogen) atoms. The SMILES string of the molecule is C[C@@H](N[C@@H]1CCCN(c2ncnc3sc(CC(F)(F)F)cc23)CC1)c1cnn(C)c1.C[C@@H](N[C@H]1CCCN(c2ncnc3sc(CC(F)(F)F)cc23)CC1)c1cnn(C)c1.C[C@H](N[C@@H]1CCCN(c2ncnc3sc(CC(F)(F)F)cc23)CC1)c1cnn(C)c1.C[C@H](N[C@H]1CCCN(c2ncnc3sc(CC(F)(F)F)cc23)CC1)c1cnn(C)c1. The van der Waals surface area contributed by atoms with Crippen LogP contribution < -0.4 is 40.9 Å². The fourth-order valence-electron chi connectivity index (χ4n) is 16.1. The third kappa shape index (κ3) is 24.8. The number of rotatable bonds is 20. The van der Waals surface area contributed by atoms with Gasteiger partial charge in [-0.05, 0) is 129 Å². The number of thiophene rings is 4. The Morgan fingerprint density at radius 2 is 0.525 bits per heavy atom. The molecule has 8 atom stereocenters. The Labute approximate surface area is 703 Å². The molecule has 4 aliphatic rings. The molecule has 0 unspecified atom stereocenters. The molecule has 16 heterocycles. The molecule has 0 amide bonds. The molecule has 648 valence electrons. The van der Waals surface area contributed by atoms with Crippen LogP contribution in [0.2, 0.25) is 0 Å². The second-order valence-corrected chi connectivity index (χ2v) is 35.9. The van der Waals surface area contributed by atoms with Crippen LogP contribution in [0.25, 0.3) is 40.9 Å². The van der Waals surface area contributed by atoms with Crippen LogP contribution in [0.3, 0.4) is 0 Å². The molecule has 4 aliphatic heterocycles. The van der Waals surface area contributed by atoms with E-state index in [2.05, 4.69) is 129 Å². The maximum atomic E-state index is 12.8. The van der Waals surface area contributed by atoms with E-state index in [1.807, 2.05) is 77.8 Å². The second-order valence-electron chi connectivity index (χ2n) is 31.5. The lowest BCUT2D eigenvalue weighted by Gasteiger charge is -2.23. The molecule has 0 aliphatic carbocycles. The van der Waals surface area contributed by atoms with Gasteiger partial charge in [0.1, 0.15) is 67.9 Å². The van der Waals surface area contributed by atoms with Crippen molar-refractivity contribution in [2.24, 2.45) is 28.2 Å². The van der Waals surface area contributed by atoms with E-state index in [4.69, 9.17) is 0 Å². The molecule has 0 radical (unpaired) electrons. The summed E-state index contributed by atoms with van der Waals surface area (Å²) < 4.78 is 161. The Morgan fingerprint density at radius 1 is 0.317 bits per heavy atom. The van der Waals surface area contributed by atoms with Crippen molar-refractivity contribution in [1.82, 2.24) is 100 Å². The van der Waals surface area contributed by atoms with Gasteiger partial charge < -0.3 is 40.9 Å². The summed E-state index contributed by atoms with van der Waals surface area (Å²) in [4.78, 5) is 46.8. The first-order valence-corrected chi connectivity index (χ1v) is 43.6. The van der Waals surface area contributed by atoms with Gasteiger partial charge in [0.25, 0.3) is 0 Å².